The highest BCUT2D eigenvalue weighted by atomic mass is 19.3. The number of halogens is 3. The van der Waals surface area contributed by atoms with Gasteiger partial charge in [0.25, 0.3) is 5.92 Å². The van der Waals surface area contributed by atoms with Gasteiger partial charge in [-0.3, -0.25) is 0 Å². The predicted octanol–water partition coefficient (Wildman–Crippen LogP) is 3.83. The quantitative estimate of drug-likeness (QED) is 0.875. The summed E-state index contributed by atoms with van der Waals surface area (Å²) in [5, 5.41) is 0. The van der Waals surface area contributed by atoms with Crippen molar-refractivity contribution in [3.8, 4) is 0 Å². The fraction of sp³-hybridized carbons (Fsp3) is 0.571. The first-order valence-corrected chi connectivity index (χ1v) is 6.36. The van der Waals surface area contributed by atoms with Crippen LogP contribution in [0, 0.1) is 11.2 Å². The minimum atomic E-state index is -3.20. The lowest BCUT2D eigenvalue weighted by Crippen LogP contribution is -2.46. The normalized spacial score (nSPS) is 19.8. The first-order valence-electron chi connectivity index (χ1n) is 6.36. The zero-order chi connectivity index (χ0) is 13.2. The zero-order valence-corrected chi connectivity index (χ0v) is 10.3. The topological polar surface area (TPSA) is 26.0 Å². The van der Waals surface area contributed by atoms with Crippen LogP contribution in [0.1, 0.15) is 37.7 Å². The van der Waals surface area contributed by atoms with Crippen LogP contribution in [0.15, 0.2) is 24.3 Å². The van der Waals surface area contributed by atoms with Crippen LogP contribution in [0.2, 0.25) is 0 Å². The van der Waals surface area contributed by atoms with E-state index < -0.39 is 22.7 Å². The number of hydrogen-bond acceptors (Lipinski definition) is 1. The first-order chi connectivity index (χ1) is 8.53. The van der Waals surface area contributed by atoms with E-state index in [1.807, 2.05) is 0 Å². The fourth-order valence-electron chi connectivity index (χ4n) is 2.88. The van der Waals surface area contributed by atoms with Crippen LogP contribution >= 0.6 is 0 Å². The molecule has 0 spiro atoms. The van der Waals surface area contributed by atoms with Gasteiger partial charge in [-0.25, -0.2) is 13.2 Å². The smallest absolute Gasteiger partial charge is 0.282 e. The molecule has 1 fully saturated rings. The Balaban J connectivity index is 2.42. The van der Waals surface area contributed by atoms with E-state index in [2.05, 4.69) is 0 Å². The van der Waals surface area contributed by atoms with E-state index in [4.69, 9.17) is 5.73 Å². The van der Waals surface area contributed by atoms with Gasteiger partial charge in [0.2, 0.25) is 0 Å². The minimum Gasteiger partial charge on any atom is -0.330 e. The van der Waals surface area contributed by atoms with Crippen molar-refractivity contribution in [2.24, 2.45) is 11.1 Å². The van der Waals surface area contributed by atoms with Gasteiger partial charge in [0, 0.05) is 6.54 Å². The molecule has 1 nitrogen and oxygen atoms in total. The Bertz CT molecular complexity index is 411. The van der Waals surface area contributed by atoms with Gasteiger partial charge < -0.3 is 5.73 Å². The van der Waals surface area contributed by atoms with Crippen molar-refractivity contribution in [2.75, 3.05) is 6.54 Å². The van der Waals surface area contributed by atoms with E-state index in [9.17, 15) is 13.2 Å². The Morgan fingerprint density at radius 2 is 1.72 bits per heavy atom. The largest absolute Gasteiger partial charge is 0.330 e. The highest BCUT2D eigenvalue weighted by Gasteiger charge is 2.54. The summed E-state index contributed by atoms with van der Waals surface area (Å²) >= 11 is 0. The summed E-state index contributed by atoms with van der Waals surface area (Å²) in [4.78, 5) is 0. The van der Waals surface area contributed by atoms with E-state index in [0.717, 1.165) is 25.3 Å². The molecule has 0 heterocycles. The first kappa shape index (κ1) is 13.4. The van der Waals surface area contributed by atoms with Crippen molar-refractivity contribution in [3.05, 3.63) is 35.6 Å². The van der Waals surface area contributed by atoms with Crippen LogP contribution in [-0.4, -0.2) is 6.54 Å². The Morgan fingerprint density at radius 1 is 1.11 bits per heavy atom. The van der Waals surface area contributed by atoms with Crippen LogP contribution in [0.25, 0.3) is 0 Å². The lowest BCUT2D eigenvalue weighted by molar-refractivity contribution is -0.144. The molecule has 18 heavy (non-hydrogen) atoms. The molecule has 0 amide bonds. The molecule has 100 valence electrons. The van der Waals surface area contributed by atoms with Crippen LogP contribution in [0.5, 0.6) is 0 Å². The molecule has 0 unspecified atom stereocenters. The Morgan fingerprint density at radius 3 is 2.28 bits per heavy atom. The number of hydrogen-bond donors (Lipinski definition) is 1. The van der Waals surface area contributed by atoms with Crippen LogP contribution < -0.4 is 5.73 Å². The monoisotopic (exact) mass is 257 g/mol. The summed E-state index contributed by atoms with van der Waals surface area (Å²) in [7, 11) is 0. The summed E-state index contributed by atoms with van der Waals surface area (Å²) in [5.74, 6) is -4.05. The second kappa shape index (κ2) is 4.92. The predicted molar refractivity (Wildman–Crippen MR) is 64.9 cm³/mol. The van der Waals surface area contributed by atoms with Crippen molar-refractivity contribution in [3.63, 3.8) is 0 Å². The molecule has 0 saturated heterocycles. The van der Waals surface area contributed by atoms with E-state index in [1.165, 1.54) is 18.2 Å². The molecule has 1 aliphatic carbocycles. The fourth-order valence-corrected chi connectivity index (χ4v) is 2.88. The summed E-state index contributed by atoms with van der Waals surface area (Å²) in [6.07, 6.45) is 3.16. The van der Waals surface area contributed by atoms with Crippen molar-refractivity contribution in [1.82, 2.24) is 0 Å². The second-order valence-corrected chi connectivity index (χ2v) is 5.10. The number of nitrogens with two attached hydrogens (primary N) is 1. The second-order valence-electron chi connectivity index (χ2n) is 5.10. The van der Waals surface area contributed by atoms with Crippen LogP contribution in [-0.2, 0) is 5.92 Å². The molecule has 1 aliphatic rings. The highest BCUT2D eigenvalue weighted by molar-refractivity contribution is 5.25. The van der Waals surface area contributed by atoms with Gasteiger partial charge in [-0.1, -0.05) is 37.5 Å². The molecule has 2 N–H and O–H groups in total. The van der Waals surface area contributed by atoms with Crippen molar-refractivity contribution in [2.45, 2.75) is 38.0 Å². The standard InChI is InChI=1S/C14H18F3N/c15-12-7-3-2-6-11(12)14(16,17)13(10-18)8-4-1-5-9-13/h2-3,6-7H,1,4-5,8-10,18H2. The van der Waals surface area contributed by atoms with Gasteiger partial charge in [0.15, 0.2) is 0 Å². The van der Waals surface area contributed by atoms with Crippen molar-refractivity contribution in [1.29, 1.82) is 0 Å². The van der Waals surface area contributed by atoms with E-state index in [0.29, 0.717) is 12.8 Å². The van der Waals surface area contributed by atoms with Crippen LogP contribution in [0.3, 0.4) is 0 Å². The lowest BCUT2D eigenvalue weighted by atomic mass is 9.67. The molecule has 0 bridgehead atoms. The van der Waals surface area contributed by atoms with Gasteiger partial charge in [-0.2, -0.15) is 0 Å². The molecule has 0 atom stereocenters. The molecule has 1 aromatic carbocycles. The maximum Gasteiger partial charge on any atom is 0.282 e. The Kier molecular flexibility index (Phi) is 3.66. The van der Waals surface area contributed by atoms with Gasteiger partial charge in [-0.05, 0) is 18.9 Å². The number of rotatable bonds is 3. The van der Waals surface area contributed by atoms with Crippen molar-refractivity contribution >= 4 is 0 Å². The summed E-state index contributed by atoms with van der Waals surface area (Å²) < 4.78 is 42.9. The molecule has 0 aliphatic heterocycles. The third-order valence-corrected chi connectivity index (χ3v) is 4.08. The molecular weight excluding hydrogens is 239 g/mol. The average Bonchev–Trinajstić information content (AvgIpc) is 2.39. The maximum absolute atomic E-state index is 14.6. The SMILES string of the molecule is NCC1(C(F)(F)c2ccccc2F)CCCCC1. The lowest BCUT2D eigenvalue weighted by Gasteiger charge is -2.42. The Hall–Kier alpha value is -1.03. The molecule has 1 aromatic rings. The minimum absolute atomic E-state index is 0.103. The van der Waals surface area contributed by atoms with Gasteiger partial charge in [0.05, 0.1) is 11.0 Å². The average molecular weight is 257 g/mol. The maximum atomic E-state index is 14.6. The van der Waals surface area contributed by atoms with E-state index >= 15 is 0 Å². The Labute approximate surface area is 105 Å². The summed E-state index contributed by atoms with van der Waals surface area (Å²) in [5.41, 5.74) is 3.81. The summed E-state index contributed by atoms with van der Waals surface area (Å²) in [6.45, 7) is -0.103. The molecule has 0 aromatic heterocycles. The zero-order valence-electron chi connectivity index (χ0n) is 10.3. The molecule has 0 radical (unpaired) electrons. The summed E-state index contributed by atoms with van der Waals surface area (Å²) in [6, 6.07) is 5.11. The molecule has 1 saturated carbocycles. The van der Waals surface area contributed by atoms with Gasteiger partial charge in [-0.15, -0.1) is 0 Å². The van der Waals surface area contributed by atoms with Gasteiger partial charge in [0.1, 0.15) is 5.82 Å². The number of alkyl halides is 2. The number of benzene rings is 1. The van der Waals surface area contributed by atoms with Gasteiger partial charge >= 0.3 is 0 Å². The molecular formula is C14H18F3N. The van der Waals surface area contributed by atoms with Crippen molar-refractivity contribution < 1.29 is 13.2 Å². The third-order valence-electron chi connectivity index (χ3n) is 4.08. The molecule has 4 heteroatoms. The van der Waals surface area contributed by atoms with E-state index in [-0.39, 0.29) is 6.54 Å². The third kappa shape index (κ3) is 2.03. The molecule has 2 rings (SSSR count). The van der Waals surface area contributed by atoms with E-state index in [1.54, 1.807) is 0 Å². The highest BCUT2D eigenvalue weighted by Crippen LogP contribution is 2.53. The van der Waals surface area contributed by atoms with Crippen LogP contribution in [0.4, 0.5) is 13.2 Å².